The standard InChI is InChI=1S/C15H31NO/c1-5-10-16-14(8-6-7-12(2)3)15-13(4)9-11-17-15/h12-16H,5-11H2,1-4H3. The van der Waals surface area contributed by atoms with Gasteiger partial charge in [-0.2, -0.15) is 0 Å². The van der Waals surface area contributed by atoms with Gasteiger partial charge < -0.3 is 10.1 Å². The Morgan fingerprint density at radius 2 is 2.06 bits per heavy atom. The van der Waals surface area contributed by atoms with Gasteiger partial charge in [-0.3, -0.25) is 0 Å². The molecule has 0 spiro atoms. The number of nitrogens with one attached hydrogen (secondary N) is 1. The van der Waals surface area contributed by atoms with E-state index in [-0.39, 0.29) is 0 Å². The van der Waals surface area contributed by atoms with Gasteiger partial charge in [0.05, 0.1) is 6.10 Å². The van der Waals surface area contributed by atoms with Crippen molar-refractivity contribution >= 4 is 0 Å². The maximum atomic E-state index is 5.92. The molecule has 2 nitrogen and oxygen atoms in total. The molecule has 0 bridgehead atoms. The minimum atomic E-state index is 0.453. The maximum Gasteiger partial charge on any atom is 0.0754 e. The van der Waals surface area contributed by atoms with Crippen LogP contribution in [0.25, 0.3) is 0 Å². The van der Waals surface area contributed by atoms with Crippen molar-refractivity contribution in [2.45, 2.75) is 71.9 Å². The van der Waals surface area contributed by atoms with Gasteiger partial charge in [0.1, 0.15) is 0 Å². The average molecular weight is 241 g/mol. The average Bonchev–Trinajstić information content (AvgIpc) is 2.69. The fourth-order valence-corrected chi connectivity index (χ4v) is 2.69. The van der Waals surface area contributed by atoms with Crippen molar-refractivity contribution in [3.63, 3.8) is 0 Å². The molecular formula is C15H31NO. The lowest BCUT2D eigenvalue weighted by Crippen LogP contribution is -2.42. The van der Waals surface area contributed by atoms with Crippen molar-refractivity contribution in [3.8, 4) is 0 Å². The van der Waals surface area contributed by atoms with Gasteiger partial charge in [-0.05, 0) is 37.6 Å². The summed E-state index contributed by atoms with van der Waals surface area (Å²) in [4.78, 5) is 0. The van der Waals surface area contributed by atoms with Crippen molar-refractivity contribution < 1.29 is 4.74 Å². The number of rotatable bonds is 8. The minimum Gasteiger partial charge on any atom is -0.376 e. The van der Waals surface area contributed by atoms with Gasteiger partial charge >= 0.3 is 0 Å². The largest absolute Gasteiger partial charge is 0.376 e. The second-order valence-electron chi connectivity index (χ2n) is 5.99. The highest BCUT2D eigenvalue weighted by molar-refractivity contribution is 4.84. The predicted octanol–water partition coefficient (Wildman–Crippen LogP) is 3.61. The highest BCUT2D eigenvalue weighted by atomic mass is 16.5. The van der Waals surface area contributed by atoms with Crippen LogP contribution in [0.15, 0.2) is 0 Å². The van der Waals surface area contributed by atoms with E-state index in [1.165, 1.54) is 32.1 Å². The van der Waals surface area contributed by atoms with Crippen molar-refractivity contribution in [1.29, 1.82) is 0 Å². The Labute approximate surface area is 108 Å². The molecule has 17 heavy (non-hydrogen) atoms. The number of hydrogen-bond acceptors (Lipinski definition) is 2. The smallest absolute Gasteiger partial charge is 0.0754 e. The third-order valence-corrected chi connectivity index (χ3v) is 3.79. The molecular weight excluding hydrogens is 210 g/mol. The van der Waals surface area contributed by atoms with Crippen molar-refractivity contribution in [3.05, 3.63) is 0 Å². The molecule has 2 heteroatoms. The van der Waals surface area contributed by atoms with Gasteiger partial charge in [-0.25, -0.2) is 0 Å². The summed E-state index contributed by atoms with van der Waals surface area (Å²) in [5.41, 5.74) is 0. The molecule has 0 aromatic heterocycles. The summed E-state index contributed by atoms with van der Waals surface area (Å²) in [5.74, 6) is 1.55. The summed E-state index contributed by atoms with van der Waals surface area (Å²) in [6.07, 6.45) is 6.83. The molecule has 1 aliphatic rings. The van der Waals surface area contributed by atoms with E-state index in [4.69, 9.17) is 4.74 Å². The molecule has 0 aromatic carbocycles. The second-order valence-corrected chi connectivity index (χ2v) is 5.99. The zero-order valence-electron chi connectivity index (χ0n) is 12.2. The first kappa shape index (κ1) is 15.0. The fraction of sp³-hybridized carbons (Fsp3) is 1.00. The van der Waals surface area contributed by atoms with Gasteiger partial charge in [0.15, 0.2) is 0 Å². The Kier molecular flexibility index (Phi) is 7.14. The summed E-state index contributed by atoms with van der Waals surface area (Å²) >= 11 is 0. The van der Waals surface area contributed by atoms with E-state index in [0.29, 0.717) is 12.1 Å². The monoisotopic (exact) mass is 241 g/mol. The summed E-state index contributed by atoms with van der Waals surface area (Å²) in [6.45, 7) is 11.3. The first-order valence-corrected chi connectivity index (χ1v) is 7.50. The third kappa shape index (κ3) is 5.39. The van der Waals surface area contributed by atoms with Crippen LogP contribution in [0.4, 0.5) is 0 Å². The summed E-state index contributed by atoms with van der Waals surface area (Å²) in [5, 5.41) is 3.69. The molecule has 1 N–H and O–H groups in total. The van der Waals surface area contributed by atoms with E-state index in [2.05, 4.69) is 33.0 Å². The molecule has 3 atom stereocenters. The van der Waals surface area contributed by atoms with Crippen LogP contribution in [-0.4, -0.2) is 25.3 Å². The van der Waals surface area contributed by atoms with Crippen LogP contribution in [0.3, 0.4) is 0 Å². The molecule has 1 fully saturated rings. The molecule has 0 aliphatic carbocycles. The Bertz CT molecular complexity index is 193. The van der Waals surface area contributed by atoms with Crippen LogP contribution in [0.5, 0.6) is 0 Å². The Morgan fingerprint density at radius 1 is 1.29 bits per heavy atom. The highest BCUT2D eigenvalue weighted by Gasteiger charge is 2.31. The van der Waals surface area contributed by atoms with Crippen LogP contribution < -0.4 is 5.32 Å². The summed E-state index contributed by atoms with van der Waals surface area (Å²) in [7, 11) is 0. The molecule has 0 amide bonds. The molecule has 0 aromatic rings. The van der Waals surface area contributed by atoms with Crippen LogP contribution in [-0.2, 0) is 4.74 Å². The first-order chi connectivity index (χ1) is 8.15. The lowest BCUT2D eigenvalue weighted by atomic mass is 9.93. The van der Waals surface area contributed by atoms with E-state index in [1.807, 2.05) is 0 Å². The van der Waals surface area contributed by atoms with E-state index in [9.17, 15) is 0 Å². The SMILES string of the molecule is CCCNC(CCCC(C)C)C1OCCC1C. The minimum absolute atomic E-state index is 0.453. The van der Waals surface area contributed by atoms with Crippen LogP contribution >= 0.6 is 0 Å². The van der Waals surface area contributed by atoms with Crippen molar-refractivity contribution in [2.75, 3.05) is 13.2 Å². The number of hydrogen-bond donors (Lipinski definition) is 1. The highest BCUT2D eigenvalue weighted by Crippen LogP contribution is 2.25. The topological polar surface area (TPSA) is 21.3 Å². The number of ether oxygens (including phenoxy) is 1. The Hall–Kier alpha value is -0.0800. The molecule has 1 heterocycles. The molecule has 1 rings (SSSR count). The molecule has 0 radical (unpaired) electrons. The van der Waals surface area contributed by atoms with Gasteiger partial charge in [0.2, 0.25) is 0 Å². The first-order valence-electron chi connectivity index (χ1n) is 7.50. The van der Waals surface area contributed by atoms with Gasteiger partial charge in [-0.15, -0.1) is 0 Å². The van der Waals surface area contributed by atoms with E-state index in [0.717, 1.165) is 25.0 Å². The molecule has 3 unspecified atom stereocenters. The quantitative estimate of drug-likeness (QED) is 0.701. The van der Waals surface area contributed by atoms with E-state index < -0.39 is 0 Å². The fourth-order valence-electron chi connectivity index (χ4n) is 2.69. The van der Waals surface area contributed by atoms with Crippen molar-refractivity contribution in [2.24, 2.45) is 11.8 Å². The lowest BCUT2D eigenvalue weighted by molar-refractivity contribution is 0.0572. The summed E-state index contributed by atoms with van der Waals surface area (Å²) < 4.78 is 5.92. The zero-order chi connectivity index (χ0) is 12.7. The lowest BCUT2D eigenvalue weighted by Gasteiger charge is -2.27. The molecule has 1 saturated heterocycles. The predicted molar refractivity (Wildman–Crippen MR) is 74.3 cm³/mol. The molecule has 102 valence electrons. The zero-order valence-corrected chi connectivity index (χ0v) is 12.2. The summed E-state index contributed by atoms with van der Waals surface area (Å²) in [6, 6.07) is 0.575. The maximum absolute atomic E-state index is 5.92. The van der Waals surface area contributed by atoms with Crippen LogP contribution in [0.2, 0.25) is 0 Å². The van der Waals surface area contributed by atoms with Gasteiger partial charge in [0.25, 0.3) is 0 Å². The van der Waals surface area contributed by atoms with E-state index in [1.54, 1.807) is 0 Å². The Morgan fingerprint density at radius 3 is 2.59 bits per heavy atom. The molecule has 0 saturated carbocycles. The van der Waals surface area contributed by atoms with Crippen LogP contribution in [0.1, 0.15) is 59.8 Å². The van der Waals surface area contributed by atoms with E-state index >= 15 is 0 Å². The normalized spacial score (nSPS) is 26.6. The third-order valence-electron chi connectivity index (χ3n) is 3.79. The van der Waals surface area contributed by atoms with Crippen molar-refractivity contribution in [1.82, 2.24) is 5.32 Å². The van der Waals surface area contributed by atoms with Gasteiger partial charge in [0, 0.05) is 12.6 Å². The molecule has 1 aliphatic heterocycles. The van der Waals surface area contributed by atoms with Crippen LogP contribution in [0, 0.1) is 11.8 Å². The Balaban J connectivity index is 2.36. The van der Waals surface area contributed by atoms with Gasteiger partial charge in [-0.1, -0.05) is 40.5 Å². The second kappa shape index (κ2) is 8.10.